The van der Waals surface area contributed by atoms with Crippen LogP contribution in [-0.2, 0) is 0 Å². The van der Waals surface area contributed by atoms with Gasteiger partial charge < -0.3 is 5.73 Å². The van der Waals surface area contributed by atoms with Crippen molar-refractivity contribution in [1.29, 1.82) is 0 Å². The summed E-state index contributed by atoms with van der Waals surface area (Å²) >= 11 is 0. The third kappa shape index (κ3) is 3.06. The zero-order chi connectivity index (χ0) is 18.9. The fraction of sp³-hybridized carbons (Fsp3) is 0.0370. The SMILES string of the molecule is NC(c1ccc(-c2ccc3ccccc3c2)cc1)c1ccc2ccccc2c1. The van der Waals surface area contributed by atoms with Crippen molar-refractivity contribution in [2.24, 2.45) is 5.73 Å². The first-order valence-electron chi connectivity index (χ1n) is 9.61. The summed E-state index contributed by atoms with van der Waals surface area (Å²) < 4.78 is 0. The van der Waals surface area contributed by atoms with Gasteiger partial charge in [-0.3, -0.25) is 0 Å². The van der Waals surface area contributed by atoms with Crippen LogP contribution in [0.2, 0.25) is 0 Å². The summed E-state index contributed by atoms with van der Waals surface area (Å²) in [6, 6.07) is 38.4. The highest BCUT2D eigenvalue weighted by Gasteiger charge is 2.10. The standard InChI is InChI=1S/C27H21N/c28-27(26-16-12-20-6-2-4-8-24(20)18-26)22-13-9-21(10-14-22)25-15-11-19-5-1-3-7-23(19)17-25/h1-18,27H,28H2. The summed E-state index contributed by atoms with van der Waals surface area (Å²) in [5.41, 5.74) is 11.3. The highest BCUT2D eigenvalue weighted by atomic mass is 14.6. The number of rotatable bonds is 3. The quantitative estimate of drug-likeness (QED) is 0.381. The van der Waals surface area contributed by atoms with Crippen molar-refractivity contribution in [2.45, 2.75) is 6.04 Å². The molecule has 5 aromatic carbocycles. The van der Waals surface area contributed by atoms with Gasteiger partial charge in [0.25, 0.3) is 0 Å². The zero-order valence-corrected chi connectivity index (χ0v) is 15.5. The Labute approximate surface area is 165 Å². The molecule has 0 saturated carbocycles. The van der Waals surface area contributed by atoms with Crippen LogP contribution in [-0.4, -0.2) is 0 Å². The highest BCUT2D eigenvalue weighted by Crippen LogP contribution is 2.28. The largest absolute Gasteiger partial charge is 0.320 e. The Morgan fingerprint density at radius 1 is 0.429 bits per heavy atom. The second-order valence-corrected chi connectivity index (χ2v) is 7.27. The van der Waals surface area contributed by atoms with Crippen LogP contribution >= 0.6 is 0 Å². The van der Waals surface area contributed by atoms with E-state index in [2.05, 4.69) is 109 Å². The fourth-order valence-corrected chi connectivity index (χ4v) is 3.85. The van der Waals surface area contributed by atoms with Gasteiger partial charge in [-0.15, -0.1) is 0 Å². The van der Waals surface area contributed by atoms with Crippen LogP contribution in [0.3, 0.4) is 0 Å². The van der Waals surface area contributed by atoms with Crippen LogP contribution in [0.4, 0.5) is 0 Å². The molecule has 0 fully saturated rings. The molecular formula is C27H21N. The molecule has 1 nitrogen and oxygen atoms in total. The fourth-order valence-electron chi connectivity index (χ4n) is 3.85. The maximum atomic E-state index is 6.57. The average Bonchev–Trinajstić information content (AvgIpc) is 2.78. The van der Waals surface area contributed by atoms with Gasteiger partial charge >= 0.3 is 0 Å². The van der Waals surface area contributed by atoms with Crippen LogP contribution < -0.4 is 5.73 Å². The lowest BCUT2D eigenvalue weighted by Gasteiger charge is -2.14. The molecule has 1 unspecified atom stereocenters. The molecule has 0 bridgehead atoms. The van der Waals surface area contributed by atoms with Gasteiger partial charge in [0.15, 0.2) is 0 Å². The van der Waals surface area contributed by atoms with Gasteiger partial charge in [0.2, 0.25) is 0 Å². The lowest BCUT2D eigenvalue weighted by atomic mass is 9.95. The molecule has 0 heterocycles. The average molecular weight is 359 g/mol. The van der Waals surface area contributed by atoms with Crippen molar-refractivity contribution in [2.75, 3.05) is 0 Å². The summed E-state index contributed by atoms with van der Waals surface area (Å²) in [7, 11) is 0. The van der Waals surface area contributed by atoms with Crippen LogP contribution in [0, 0.1) is 0 Å². The van der Waals surface area contributed by atoms with Gasteiger partial charge in [-0.1, -0.05) is 97.1 Å². The molecule has 134 valence electrons. The number of nitrogens with two attached hydrogens (primary N) is 1. The van der Waals surface area contributed by atoms with Crippen LogP contribution in [0.5, 0.6) is 0 Å². The Bertz CT molecular complexity index is 1270. The number of benzene rings is 5. The molecule has 5 rings (SSSR count). The van der Waals surface area contributed by atoms with E-state index in [0.717, 1.165) is 11.1 Å². The molecule has 0 aliphatic rings. The maximum absolute atomic E-state index is 6.57. The minimum Gasteiger partial charge on any atom is -0.320 e. The molecule has 0 amide bonds. The number of hydrogen-bond acceptors (Lipinski definition) is 1. The van der Waals surface area contributed by atoms with Crippen LogP contribution in [0.15, 0.2) is 109 Å². The first-order valence-corrected chi connectivity index (χ1v) is 9.61. The lowest BCUT2D eigenvalue weighted by Crippen LogP contribution is -2.11. The minimum absolute atomic E-state index is 0.129. The Balaban J connectivity index is 1.46. The second-order valence-electron chi connectivity index (χ2n) is 7.27. The van der Waals surface area contributed by atoms with Crippen molar-refractivity contribution < 1.29 is 0 Å². The molecular weight excluding hydrogens is 338 g/mol. The zero-order valence-electron chi connectivity index (χ0n) is 15.5. The van der Waals surface area contributed by atoms with Crippen molar-refractivity contribution in [1.82, 2.24) is 0 Å². The first-order chi connectivity index (χ1) is 13.8. The smallest absolute Gasteiger partial charge is 0.0551 e. The van der Waals surface area contributed by atoms with Gasteiger partial charge in [-0.2, -0.15) is 0 Å². The Kier molecular flexibility index (Phi) is 4.16. The molecule has 0 aliphatic carbocycles. The predicted octanol–water partition coefficient (Wildman–Crippen LogP) is 6.71. The van der Waals surface area contributed by atoms with E-state index in [0.29, 0.717) is 0 Å². The number of fused-ring (bicyclic) bond motifs is 2. The predicted molar refractivity (Wildman–Crippen MR) is 119 cm³/mol. The normalized spacial score (nSPS) is 12.3. The summed E-state index contributed by atoms with van der Waals surface area (Å²) in [6.07, 6.45) is 0. The van der Waals surface area contributed by atoms with E-state index >= 15 is 0 Å². The summed E-state index contributed by atoms with van der Waals surface area (Å²) in [5, 5.41) is 4.99. The topological polar surface area (TPSA) is 26.0 Å². The minimum atomic E-state index is -0.129. The molecule has 1 atom stereocenters. The van der Waals surface area contributed by atoms with Crippen LogP contribution in [0.1, 0.15) is 17.2 Å². The van der Waals surface area contributed by atoms with Gasteiger partial charge in [0.1, 0.15) is 0 Å². The highest BCUT2D eigenvalue weighted by molar-refractivity contribution is 5.87. The Hall–Kier alpha value is -3.42. The Morgan fingerprint density at radius 3 is 1.61 bits per heavy atom. The molecule has 1 heteroatoms. The third-order valence-electron chi connectivity index (χ3n) is 5.49. The first kappa shape index (κ1) is 16.7. The molecule has 0 radical (unpaired) electrons. The molecule has 5 aromatic rings. The lowest BCUT2D eigenvalue weighted by molar-refractivity contribution is 0.874. The van der Waals surface area contributed by atoms with Gasteiger partial charge in [0.05, 0.1) is 6.04 Å². The molecule has 0 saturated heterocycles. The monoisotopic (exact) mass is 359 g/mol. The van der Waals surface area contributed by atoms with Gasteiger partial charge in [-0.25, -0.2) is 0 Å². The molecule has 2 N–H and O–H groups in total. The Morgan fingerprint density at radius 2 is 0.929 bits per heavy atom. The summed E-state index contributed by atoms with van der Waals surface area (Å²) in [4.78, 5) is 0. The van der Waals surface area contributed by atoms with E-state index in [1.807, 2.05) is 0 Å². The van der Waals surface area contributed by atoms with E-state index in [1.165, 1.54) is 32.7 Å². The van der Waals surface area contributed by atoms with Gasteiger partial charge in [0, 0.05) is 0 Å². The molecule has 0 aliphatic heterocycles. The molecule has 0 spiro atoms. The molecule has 28 heavy (non-hydrogen) atoms. The van der Waals surface area contributed by atoms with E-state index in [1.54, 1.807) is 0 Å². The van der Waals surface area contributed by atoms with Crippen molar-refractivity contribution in [3.63, 3.8) is 0 Å². The van der Waals surface area contributed by atoms with Crippen molar-refractivity contribution >= 4 is 21.5 Å². The maximum Gasteiger partial charge on any atom is 0.0551 e. The van der Waals surface area contributed by atoms with E-state index < -0.39 is 0 Å². The third-order valence-corrected chi connectivity index (χ3v) is 5.49. The summed E-state index contributed by atoms with van der Waals surface area (Å²) in [5.74, 6) is 0. The van der Waals surface area contributed by atoms with Crippen molar-refractivity contribution in [3.05, 3.63) is 120 Å². The van der Waals surface area contributed by atoms with E-state index in [-0.39, 0.29) is 6.04 Å². The van der Waals surface area contributed by atoms with Crippen molar-refractivity contribution in [3.8, 4) is 11.1 Å². The molecule has 0 aromatic heterocycles. The number of hydrogen-bond donors (Lipinski definition) is 1. The van der Waals surface area contributed by atoms with Crippen LogP contribution in [0.25, 0.3) is 32.7 Å². The van der Waals surface area contributed by atoms with E-state index in [9.17, 15) is 0 Å². The second kappa shape index (κ2) is 6.95. The summed E-state index contributed by atoms with van der Waals surface area (Å²) in [6.45, 7) is 0. The van der Waals surface area contributed by atoms with E-state index in [4.69, 9.17) is 5.73 Å². The van der Waals surface area contributed by atoms with Gasteiger partial charge in [-0.05, 0) is 55.9 Å².